The minimum atomic E-state index is -2.80. The maximum atomic E-state index is 13.5. The molecule has 0 bridgehead atoms. The molecule has 5 N–H and O–H groups in total. The van der Waals surface area contributed by atoms with Crippen molar-refractivity contribution < 1.29 is 39.3 Å². The quantitative estimate of drug-likeness (QED) is 0.281. The van der Waals surface area contributed by atoms with E-state index in [0.29, 0.717) is 0 Å². The second-order valence-corrected chi connectivity index (χ2v) is 8.68. The molecule has 0 radical (unpaired) electrons. The molecule has 1 aromatic carbocycles. The molecule has 1 amide bonds. The van der Waals surface area contributed by atoms with Crippen LogP contribution in [0.3, 0.4) is 0 Å². The van der Waals surface area contributed by atoms with Crippen molar-refractivity contribution >= 4 is 66.8 Å². The van der Waals surface area contributed by atoms with Crippen molar-refractivity contribution in [2.75, 3.05) is 14.1 Å². The van der Waals surface area contributed by atoms with Crippen LogP contribution in [0.2, 0.25) is 0 Å². The van der Waals surface area contributed by atoms with E-state index in [1.807, 2.05) is 0 Å². The summed E-state index contributed by atoms with van der Waals surface area (Å²) in [5, 5.41) is 32.4. The molecule has 7 atom stereocenters. The number of hydrogen-bond donors (Lipinski definition) is 4. The van der Waals surface area contributed by atoms with Crippen molar-refractivity contribution in [1.29, 1.82) is 0 Å². The summed E-state index contributed by atoms with van der Waals surface area (Å²) in [5.74, 6) is -11.9. The van der Waals surface area contributed by atoms with Gasteiger partial charge in [-0.2, -0.15) is 0 Å². The molecule has 10 nitrogen and oxygen atoms in total. The molecule has 3 aliphatic carbocycles. The van der Waals surface area contributed by atoms with E-state index in [4.69, 9.17) is 5.73 Å². The summed E-state index contributed by atoms with van der Waals surface area (Å²) in [5.41, 5.74) is 2.32. The number of hydrogen-bond acceptors (Lipinski definition) is 9. The van der Waals surface area contributed by atoms with Gasteiger partial charge in [-0.15, -0.1) is 0 Å². The molecular formula is C21H22CaN2O8+2. The molecule has 1 aromatic rings. The Bertz CT molecular complexity index is 1060. The first kappa shape index (κ1) is 24.9. The fourth-order valence-corrected chi connectivity index (χ4v) is 5.56. The number of aliphatic hydroxyl groups is 2. The number of phenolic OH excluding ortho intramolecular Hbond substituents is 1. The number of likely N-dealkylation sites (N-methyl/N-ethyl adjacent to an activating group) is 1. The Morgan fingerprint density at radius 3 is 2.34 bits per heavy atom. The molecule has 4 rings (SSSR count). The van der Waals surface area contributed by atoms with E-state index in [9.17, 15) is 39.3 Å². The number of carbonyl (C=O) groups excluding carboxylic acids is 5. The molecular weight excluding hydrogens is 448 g/mol. The molecule has 164 valence electrons. The molecule has 11 heteroatoms. The van der Waals surface area contributed by atoms with Gasteiger partial charge in [0.15, 0.2) is 34.7 Å². The maximum absolute atomic E-state index is 13.5. The van der Waals surface area contributed by atoms with E-state index in [1.165, 1.54) is 37.2 Å². The van der Waals surface area contributed by atoms with Crippen LogP contribution < -0.4 is 5.73 Å². The predicted octanol–water partition coefficient (Wildman–Crippen LogP) is -2.02. The number of ketones is 4. The number of nitrogens with zero attached hydrogens (tertiary/aromatic N) is 1. The van der Waals surface area contributed by atoms with Crippen LogP contribution in [0, 0.1) is 23.7 Å². The number of phenols is 1. The van der Waals surface area contributed by atoms with Crippen molar-refractivity contribution in [1.82, 2.24) is 4.90 Å². The number of primary amides is 1. The van der Waals surface area contributed by atoms with E-state index in [1.54, 1.807) is 0 Å². The summed E-state index contributed by atoms with van der Waals surface area (Å²) in [7, 11) is 2.98. The Labute approximate surface area is 212 Å². The molecule has 0 aromatic heterocycles. The minimum absolute atomic E-state index is 0. The number of fused-ring (bicyclic) bond motifs is 3. The Hall–Kier alpha value is -1.69. The van der Waals surface area contributed by atoms with Gasteiger partial charge in [0.2, 0.25) is 5.91 Å². The van der Waals surface area contributed by atoms with Gasteiger partial charge >= 0.3 is 37.7 Å². The summed E-state index contributed by atoms with van der Waals surface area (Å²) in [6.45, 7) is 0. The molecule has 0 aliphatic heterocycles. The van der Waals surface area contributed by atoms with Gasteiger partial charge in [-0.05, 0) is 32.1 Å². The zero-order chi connectivity index (χ0) is 23.0. The van der Waals surface area contributed by atoms with Crippen LogP contribution in [0.1, 0.15) is 28.4 Å². The van der Waals surface area contributed by atoms with Crippen LogP contribution in [-0.4, -0.2) is 113 Å². The number of rotatable bonds is 2. The largest absolute Gasteiger partial charge is 2.00 e. The molecule has 0 spiro atoms. The number of carbonyl (C=O) groups is 5. The van der Waals surface area contributed by atoms with Crippen LogP contribution in [0.15, 0.2) is 18.2 Å². The average molecular weight is 470 g/mol. The Morgan fingerprint density at radius 1 is 1.16 bits per heavy atom. The number of nitrogens with two attached hydrogens (primary N) is 1. The van der Waals surface area contributed by atoms with Crippen molar-refractivity contribution in [3.8, 4) is 5.75 Å². The third-order valence-corrected chi connectivity index (χ3v) is 6.91. The van der Waals surface area contributed by atoms with Crippen molar-refractivity contribution in [2.45, 2.75) is 24.2 Å². The summed E-state index contributed by atoms with van der Waals surface area (Å²) >= 11 is 0. The minimum Gasteiger partial charge on any atom is -0.507 e. The summed E-state index contributed by atoms with van der Waals surface area (Å²) in [4.78, 5) is 65.9. The van der Waals surface area contributed by atoms with Gasteiger partial charge in [0.25, 0.3) is 0 Å². The third kappa shape index (κ3) is 3.12. The maximum Gasteiger partial charge on any atom is 2.00 e. The van der Waals surface area contributed by atoms with Crippen molar-refractivity contribution in [3.63, 3.8) is 0 Å². The average Bonchev–Trinajstić information content (AvgIpc) is 2.68. The summed E-state index contributed by atoms with van der Waals surface area (Å²) in [6, 6.07) is 2.91. The molecule has 2 saturated carbocycles. The Kier molecular flexibility index (Phi) is 6.44. The van der Waals surface area contributed by atoms with Gasteiger partial charge in [-0.1, -0.05) is 12.1 Å². The number of aromatic hydroxyl groups is 1. The van der Waals surface area contributed by atoms with Crippen molar-refractivity contribution in [3.05, 3.63) is 29.3 Å². The van der Waals surface area contributed by atoms with Crippen LogP contribution in [0.4, 0.5) is 0 Å². The zero-order valence-electron chi connectivity index (χ0n) is 17.5. The van der Waals surface area contributed by atoms with E-state index < -0.39 is 76.2 Å². The molecule has 0 saturated heterocycles. The van der Waals surface area contributed by atoms with Crippen molar-refractivity contribution in [2.24, 2.45) is 29.4 Å². The Morgan fingerprint density at radius 2 is 1.78 bits per heavy atom. The third-order valence-electron chi connectivity index (χ3n) is 6.91. The second kappa shape index (κ2) is 8.27. The van der Waals surface area contributed by atoms with Gasteiger partial charge in [-0.3, -0.25) is 28.9 Å². The number of amides is 1. The smallest absolute Gasteiger partial charge is 0.507 e. The zero-order valence-corrected chi connectivity index (χ0v) is 19.7. The van der Waals surface area contributed by atoms with Gasteiger partial charge in [0.05, 0.1) is 23.6 Å². The molecule has 32 heavy (non-hydrogen) atoms. The number of aliphatic hydroxyl groups excluding tert-OH is 1. The number of benzene rings is 1. The van der Waals surface area contributed by atoms with E-state index >= 15 is 0 Å². The molecule has 2 fully saturated rings. The normalized spacial score (nSPS) is 36.2. The summed E-state index contributed by atoms with van der Waals surface area (Å²) in [6.07, 6.45) is -1.55. The number of Topliss-reactive ketones (excluding diaryl/α,β-unsaturated/α-hetero) is 4. The van der Waals surface area contributed by atoms with Gasteiger partial charge < -0.3 is 21.1 Å². The first-order valence-electron chi connectivity index (χ1n) is 9.79. The topological polar surface area (TPSA) is 175 Å². The van der Waals surface area contributed by atoms with Crippen LogP contribution in [-0.2, 0) is 19.2 Å². The van der Waals surface area contributed by atoms with Gasteiger partial charge in [0, 0.05) is 11.8 Å². The van der Waals surface area contributed by atoms with Crippen LogP contribution >= 0.6 is 0 Å². The Balaban J connectivity index is 0.00000289. The second-order valence-electron chi connectivity index (χ2n) is 8.68. The molecule has 2 unspecified atom stereocenters. The fourth-order valence-electron chi connectivity index (χ4n) is 5.56. The molecule has 3 aliphatic rings. The van der Waals surface area contributed by atoms with E-state index in [-0.39, 0.29) is 55.3 Å². The summed E-state index contributed by atoms with van der Waals surface area (Å²) < 4.78 is 0. The van der Waals surface area contributed by atoms with Crippen LogP contribution in [0.5, 0.6) is 5.75 Å². The fraction of sp³-hybridized carbons (Fsp3) is 0.476. The SMILES string of the molecule is CN(C)[C@@H]1C(=O)C(C(N)=O)C(=O)[C@@]2(O)C(=O)C3C(=O)c4c(O)cccc4[C@@H](O)[C@H]3C[C@@H]12.[Ca+2]. The van der Waals surface area contributed by atoms with Gasteiger partial charge in [0.1, 0.15) is 5.75 Å². The standard InChI is InChI=1S/C21H22N2O8.Ca/c1-23(2)14-9-6-8-12(16(26)11-7(15(8)25)4-3-5-10(11)24)18(28)21(9,31)19(29)13(17(14)27)20(22)30;/h3-5,8-9,12-15,24-25,31H,6H2,1-2H3,(H2,22,30);/q;+2/t8-,9-,12?,13?,14-,15+,21-;/m0./s1. The van der Waals surface area contributed by atoms with Crippen LogP contribution in [0.25, 0.3) is 0 Å². The van der Waals surface area contributed by atoms with E-state index in [2.05, 4.69) is 0 Å². The van der Waals surface area contributed by atoms with Gasteiger partial charge in [-0.25, -0.2) is 0 Å². The monoisotopic (exact) mass is 470 g/mol. The first-order chi connectivity index (χ1) is 14.4. The first-order valence-corrected chi connectivity index (χ1v) is 9.79. The molecule has 0 heterocycles. The van der Waals surface area contributed by atoms with E-state index in [0.717, 1.165) is 0 Å². The predicted molar refractivity (Wildman–Crippen MR) is 108 cm³/mol.